The lowest BCUT2D eigenvalue weighted by atomic mass is 10.3. The molecule has 0 atom stereocenters. The highest BCUT2D eigenvalue weighted by molar-refractivity contribution is 14.1. The van der Waals surface area contributed by atoms with E-state index in [0.717, 1.165) is 6.07 Å². The summed E-state index contributed by atoms with van der Waals surface area (Å²) in [5.74, 6) is -2.29. The van der Waals surface area contributed by atoms with Crippen LogP contribution in [0.2, 0.25) is 0 Å². The van der Waals surface area contributed by atoms with Gasteiger partial charge in [-0.1, -0.05) is 0 Å². The first-order valence-corrected chi connectivity index (χ1v) is 5.07. The second kappa shape index (κ2) is 5.02. The number of alkyl halides is 4. The molecule has 0 saturated carbocycles. The molecule has 0 unspecified atom stereocenters. The Kier molecular flexibility index (Phi) is 4.11. The molecule has 0 aliphatic rings. The summed E-state index contributed by atoms with van der Waals surface area (Å²) in [6.07, 6.45) is -4.99. The van der Waals surface area contributed by atoms with Gasteiger partial charge in [0.15, 0.2) is 11.4 Å². The van der Waals surface area contributed by atoms with Gasteiger partial charge in [0.05, 0.1) is 0 Å². The van der Waals surface area contributed by atoms with E-state index in [4.69, 9.17) is 5.11 Å². The molecular weight excluding hydrogens is 361 g/mol. The van der Waals surface area contributed by atoms with Gasteiger partial charge in [0.2, 0.25) is 0 Å². The fourth-order valence-electron chi connectivity index (χ4n) is 0.969. The molecule has 1 N–H and O–H groups in total. The quantitative estimate of drug-likeness (QED) is 0.661. The van der Waals surface area contributed by atoms with Crippen molar-refractivity contribution in [3.8, 4) is 5.75 Å². The van der Waals surface area contributed by atoms with Crippen molar-refractivity contribution in [3.05, 3.63) is 21.0 Å². The van der Waals surface area contributed by atoms with E-state index in [2.05, 4.69) is 9.72 Å². The molecule has 94 valence electrons. The third kappa shape index (κ3) is 3.68. The summed E-state index contributed by atoms with van der Waals surface area (Å²) in [5.41, 5.74) is -1.23. The number of ether oxygens (including phenoxy) is 1. The van der Waals surface area contributed by atoms with Gasteiger partial charge >= 0.3 is 12.3 Å². The fourth-order valence-corrected chi connectivity index (χ4v) is 1.60. The van der Waals surface area contributed by atoms with Crippen molar-refractivity contribution in [3.63, 3.8) is 0 Å². The van der Waals surface area contributed by atoms with E-state index in [1.807, 2.05) is 0 Å². The van der Waals surface area contributed by atoms with E-state index >= 15 is 0 Å². The molecule has 0 saturated heterocycles. The summed E-state index contributed by atoms with van der Waals surface area (Å²) >= 11 is 1.47. The molecule has 0 aliphatic heterocycles. The maximum atomic E-state index is 12.4. The second-order valence-corrected chi connectivity index (χ2v) is 3.91. The first kappa shape index (κ1) is 13.9. The largest absolute Gasteiger partial charge is 0.573 e. The van der Waals surface area contributed by atoms with Gasteiger partial charge in [-0.05, 0) is 28.7 Å². The highest BCUT2D eigenvalue weighted by Gasteiger charge is 2.33. The Morgan fingerprint density at radius 3 is 2.53 bits per heavy atom. The molecule has 0 radical (unpaired) electrons. The van der Waals surface area contributed by atoms with Crippen LogP contribution in [0, 0.1) is 3.57 Å². The molecule has 17 heavy (non-hydrogen) atoms. The Hall–Kier alpha value is -1.13. The van der Waals surface area contributed by atoms with Crippen LogP contribution in [0.5, 0.6) is 5.75 Å². The zero-order chi connectivity index (χ0) is 13.2. The van der Waals surface area contributed by atoms with Gasteiger partial charge in [0, 0.05) is 3.57 Å². The average Bonchev–Trinajstić information content (AvgIpc) is 2.14. The molecule has 4 nitrogen and oxygen atoms in total. The van der Waals surface area contributed by atoms with E-state index in [1.54, 1.807) is 0 Å². The zero-order valence-electron chi connectivity index (χ0n) is 7.89. The lowest BCUT2D eigenvalue weighted by Crippen LogP contribution is -2.19. The number of aromatic nitrogens is 1. The molecule has 1 aromatic heterocycles. The molecule has 1 heterocycles. The summed E-state index contributed by atoms with van der Waals surface area (Å²) in [6, 6.07) is 0.777. The smallest absolute Gasteiger partial charge is 0.476 e. The predicted octanol–water partition coefficient (Wildman–Crippen LogP) is 2.75. The second-order valence-electron chi connectivity index (χ2n) is 2.75. The Balaban J connectivity index is 3.24. The van der Waals surface area contributed by atoms with E-state index in [0.29, 0.717) is 0 Å². The predicted molar refractivity (Wildman–Crippen MR) is 55.4 cm³/mol. The summed E-state index contributed by atoms with van der Waals surface area (Å²) in [5, 5.41) is 8.66. The topological polar surface area (TPSA) is 59.4 Å². The minimum atomic E-state index is -4.99. The van der Waals surface area contributed by atoms with Crippen LogP contribution in [0.25, 0.3) is 0 Å². The Morgan fingerprint density at radius 1 is 1.53 bits per heavy atom. The number of nitrogens with zero attached hydrogens (tertiary/aromatic N) is 1. The van der Waals surface area contributed by atoms with Crippen molar-refractivity contribution >= 4 is 28.6 Å². The van der Waals surface area contributed by atoms with Crippen LogP contribution in [0.1, 0.15) is 16.2 Å². The Bertz CT molecular complexity index is 449. The van der Waals surface area contributed by atoms with E-state index in [1.165, 1.54) is 22.6 Å². The van der Waals surface area contributed by atoms with Gasteiger partial charge in [-0.25, -0.2) is 14.2 Å². The molecule has 0 fully saturated rings. The molecule has 0 spiro atoms. The molecular formula is C8H4F4INO3. The minimum Gasteiger partial charge on any atom is -0.476 e. The Morgan fingerprint density at radius 2 is 2.12 bits per heavy atom. The van der Waals surface area contributed by atoms with Gasteiger partial charge in [0.1, 0.15) is 12.4 Å². The molecule has 0 amide bonds. The van der Waals surface area contributed by atoms with Crippen LogP contribution in [0.3, 0.4) is 0 Å². The highest BCUT2D eigenvalue weighted by Crippen LogP contribution is 2.28. The van der Waals surface area contributed by atoms with E-state index in [-0.39, 0.29) is 3.57 Å². The van der Waals surface area contributed by atoms with Crippen molar-refractivity contribution < 1.29 is 32.2 Å². The van der Waals surface area contributed by atoms with E-state index in [9.17, 15) is 22.4 Å². The molecule has 0 aliphatic carbocycles. The normalized spacial score (nSPS) is 11.4. The number of carbonyl (C=O) groups is 1. The van der Waals surface area contributed by atoms with Crippen LogP contribution in [-0.2, 0) is 6.67 Å². The standard InChI is InChI=1S/C8H4F4INO3/c9-2-4-5(17-8(10,11)12)1-3(13)6(14-4)7(15)16/h1H,2H2,(H,15,16). The number of hydrogen-bond acceptors (Lipinski definition) is 3. The van der Waals surface area contributed by atoms with Crippen LogP contribution >= 0.6 is 22.6 Å². The lowest BCUT2D eigenvalue weighted by molar-refractivity contribution is -0.275. The van der Waals surface area contributed by atoms with Crippen molar-refractivity contribution in [1.82, 2.24) is 4.98 Å². The molecule has 9 heteroatoms. The van der Waals surface area contributed by atoms with Crippen molar-refractivity contribution in [2.24, 2.45) is 0 Å². The number of pyridine rings is 1. The van der Waals surface area contributed by atoms with Gasteiger partial charge < -0.3 is 9.84 Å². The van der Waals surface area contributed by atoms with E-state index < -0.39 is 36.1 Å². The summed E-state index contributed by atoms with van der Waals surface area (Å²) in [4.78, 5) is 13.9. The maximum Gasteiger partial charge on any atom is 0.573 e. The molecule has 0 bridgehead atoms. The molecule has 1 rings (SSSR count). The maximum absolute atomic E-state index is 12.4. The highest BCUT2D eigenvalue weighted by atomic mass is 127. The third-order valence-electron chi connectivity index (χ3n) is 1.57. The summed E-state index contributed by atoms with van der Waals surface area (Å²) < 4.78 is 51.8. The summed E-state index contributed by atoms with van der Waals surface area (Å²) in [6.45, 7) is -1.36. The Labute approximate surface area is 106 Å². The molecule has 0 aromatic carbocycles. The third-order valence-corrected chi connectivity index (χ3v) is 2.39. The van der Waals surface area contributed by atoms with Gasteiger partial charge in [-0.3, -0.25) is 0 Å². The van der Waals surface area contributed by atoms with Crippen LogP contribution in [0.4, 0.5) is 17.6 Å². The minimum absolute atomic E-state index is 0.0773. The van der Waals surface area contributed by atoms with Crippen molar-refractivity contribution in [1.29, 1.82) is 0 Å². The zero-order valence-corrected chi connectivity index (χ0v) is 10.0. The van der Waals surface area contributed by atoms with Crippen LogP contribution in [0.15, 0.2) is 6.07 Å². The van der Waals surface area contributed by atoms with Gasteiger partial charge in [0.25, 0.3) is 0 Å². The van der Waals surface area contributed by atoms with Gasteiger partial charge in [-0.15, -0.1) is 13.2 Å². The first-order valence-electron chi connectivity index (χ1n) is 3.99. The summed E-state index contributed by atoms with van der Waals surface area (Å²) in [7, 11) is 0. The average molecular weight is 365 g/mol. The van der Waals surface area contributed by atoms with Crippen molar-refractivity contribution in [2.45, 2.75) is 13.0 Å². The number of rotatable bonds is 3. The van der Waals surface area contributed by atoms with Crippen LogP contribution in [-0.4, -0.2) is 22.4 Å². The first-order chi connectivity index (χ1) is 7.74. The lowest BCUT2D eigenvalue weighted by Gasteiger charge is -2.12. The SMILES string of the molecule is O=C(O)c1nc(CF)c(OC(F)(F)F)cc1I. The monoisotopic (exact) mass is 365 g/mol. The van der Waals surface area contributed by atoms with Gasteiger partial charge in [-0.2, -0.15) is 0 Å². The molecule has 1 aromatic rings. The van der Waals surface area contributed by atoms with Crippen molar-refractivity contribution in [2.75, 3.05) is 0 Å². The number of carboxylic acid groups (broad SMARTS) is 1. The fraction of sp³-hybridized carbons (Fsp3) is 0.250. The van der Waals surface area contributed by atoms with Crippen LogP contribution < -0.4 is 4.74 Å². The number of carboxylic acids is 1. The number of halogens is 5. The number of aromatic carboxylic acids is 1. The number of hydrogen-bond donors (Lipinski definition) is 1.